The van der Waals surface area contributed by atoms with Gasteiger partial charge in [0.2, 0.25) is 0 Å². The summed E-state index contributed by atoms with van der Waals surface area (Å²) >= 11 is 1.72. The lowest BCUT2D eigenvalue weighted by atomic mass is 10.0. The normalized spacial score (nSPS) is 12.4. The lowest BCUT2D eigenvalue weighted by Gasteiger charge is -2.28. The standard InChI is InChI=1S/C31H34N4O2S/c1-5-26-23(24-18-22(11-12-27(24)34-26)33-31(36)28-9-7-8-15-32-28)14-16-35(6-2)20(3)21-10-13-29-25(17-21)30(38-4)19-37-29/h7-13,15,17-20,34H,5-6,14,16H2,1-4H3,(H,33,36). The van der Waals surface area contributed by atoms with Crippen LogP contribution in [0.25, 0.3) is 21.9 Å². The van der Waals surface area contributed by atoms with Crippen molar-refractivity contribution in [1.29, 1.82) is 0 Å². The van der Waals surface area contributed by atoms with Gasteiger partial charge in [-0.05, 0) is 86.2 Å². The number of aromatic amines is 1. The lowest BCUT2D eigenvalue weighted by Crippen LogP contribution is -2.29. The Balaban J connectivity index is 1.37. The minimum absolute atomic E-state index is 0.206. The Morgan fingerprint density at radius 3 is 2.74 bits per heavy atom. The Morgan fingerprint density at radius 2 is 2.00 bits per heavy atom. The van der Waals surface area contributed by atoms with E-state index in [4.69, 9.17) is 4.42 Å². The minimum Gasteiger partial charge on any atom is -0.463 e. The molecule has 7 heteroatoms. The third-order valence-corrected chi connectivity index (χ3v) is 8.13. The van der Waals surface area contributed by atoms with E-state index in [1.165, 1.54) is 27.1 Å². The first-order chi connectivity index (χ1) is 18.5. The van der Waals surface area contributed by atoms with Crippen LogP contribution in [0, 0.1) is 0 Å². The first kappa shape index (κ1) is 26.1. The third kappa shape index (κ3) is 5.22. The molecular weight excluding hydrogens is 492 g/mol. The Bertz CT molecular complexity index is 1560. The van der Waals surface area contributed by atoms with Gasteiger partial charge in [-0.2, -0.15) is 0 Å². The maximum Gasteiger partial charge on any atom is 0.274 e. The van der Waals surface area contributed by atoms with Gasteiger partial charge in [-0.25, -0.2) is 0 Å². The molecule has 3 heterocycles. The van der Waals surface area contributed by atoms with E-state index >= 15 is 0 Å². The number of benzene rings is 2. The van der Waals surface area contributed by atoms with Gasteiger partial charge in [0.15, 0.2) is 0 Å². The van der Waals surface area contributed by atoms with E-state index in [-0.39, 0.29) is 11.9 Å². The highest BCUT2D eigenvalue weighted by molar-refractivity contribution is 7.98. The fourth-order valence-electron chi connectivity index (χ4n) is 5.19. The maximum absolute atomic E-state index is 12.7. The van der Waals surface area contributed by atoms with Gasteiger partial charge in [0.05, 0.1) is 4.90 Å². The van der Waals surface area contributed by atoms with Crippen LogP contribution in [-0.4, -0.2) is 40.1 Å². The monoisotopic (exact) mass is 526 g/mol. The highest BCUT2D eigenvalue weighted by atomic mass is 32.2. The molecule has 0 radical (unpaired) electrons. The molecule has 3 aromatic heterocycles. The summed E-state index contributed by atoms with van der Waals surface area (Å²) in [6.45, 7) is 8.57. The molecule has 6 nitrogen and oxygen atoms in total. The van der Waals surface area contributed by atoms with Gasteiger partial charge in [0.1, 0.15) is 17.5 Å². The number of aromatic nitrogens is 2. The predicted molar refractivity (Wildman–Crippen MR) is 157 cm³/mol. The summed E-state index contributed by atoms with van der Waals surface area (Å²) < 4.78 is 5.72. The molecule has 1 amide bonds. The number of fused-ring (bicyclic) bond motifs is 2. The van der Waals surface area contributed by atoms with Gasteiger partial charge in [0.25, 0.3) is 5.91 Å². The van der Waals surface area contributed by atoms with E-state index in [9.17, 15) is 4.79 Å². The minimum atomic E-state index is -0.206. The summed E-state index contributed by atoms with van der Waals surface area (Å²) in [6.07, 6.45) is 7.41. The molecule has 0 spiro atoms. The molecule has 2 N–H and O–H groups in total. The second kappa shape index (κ2) is 11.5. The summed E-state index contributed by atoms with van der Waals surface area (Å²) in [5.41, 5.74) is 7.07. The number of thioether (sulfide) groups is 1. The number of aryl methyl sites for hydroxylation is 1. The van der Waals surface area contributed by atoms with Crippen LogP contribution in [0.4, 0.5) is 5.69 Å². The first-order valence-electron chi connectivity index (χ1n) is 13.2. The van der Waals surface area contributed by atoms with E-state index in [0.717, 1.165) is 48.1 Å². The van der Waals surface area contributed by atoms with Crippen molar-refractivity contribution in [3.63, 3.8) is 0 Å². The van der Waals surface area contributed by atoms with E-state index in [2.05, 4.69) is 77.5 Å². The highest BCUT2D eigenvalue weighted by Gasteiger charge is 2.19. The number of rotatable bonds is 10. The number of pyridine rings is 1. The van der Waals surface area contributed by atoms with Crippen LogP contribution in [0.1, 0.15) is 54.1 Å². The average molecular weight is 527 g/mol. The highest BCUT2D eigenvalue weighted by Crippen LogP contribution is 2.33. The molecule has 0 bridgehead atoms. The molecule has 0 aliphatic heterocycles. The first-order valence-corrected chi connectivity index (χ1v) is 14.4. The van der Waals surface area contributed by atoms with E-state index < -0.39 is 0 Å². The number of likely N-dealkylation sites (N-methyl/N-ethyl adjacent to an activating group) is 1. The summed E-state index contributed by atoms with van der Waals surface area (Å²) in [5.74, 6) is -0.206. The molecule has 1 atom stereocenters. The van der Waals surface area contributed by atoms with E-state index in [1.807, 2.05) is 18.4 Å². The van der Waals surface area contributed by atoms with Crippen molar-refractivity contribution < 1.29 is 9.21 Å². The molecule has 0 fully saturated rings. The number of nitrogens with one attached hydrogen (secondary N) is 2. The number of carbonyl (C=O) groups is 1. The number of anilines is 1. The van der Waals surface area contributed by atoms with Gasteiger partial charge in [0, 0.05) is 46.5 Å². The van der Waals surface area contributed by atoms with E-state index in [0.29, 0.717) is 5.69 Å². The zero-order valence-electron chi connectivity index (χ0n) is 22.4. The molecule has 196 valence electrons. The number of furan rings is 1. The van der Waals surface area contributed by atoms with Crippen molar-refractivity contribution in [3.05, 3.63) is 89.6 Å². The Labute approximate surface area is 227 Å². The van der Waals surface area contributed by atoms with E-state index in [1.54, 1.807) is 30.1 Å². The molecular formula is C31H34N4O2S. The zero-order valence-corrected chi connectivity index (χ0v) is 23.2. The topological polar surface area (TPSA) is 74.2 Å². The van der Waals surface area contributed by atoms with Crippen molar-refractivity contribution in [1.82, 2.24) is 14.9 Å². The van der Waals surface area contributed by atoms with Crippen LogP contribution in [-0.2, 0) is 12.8 Å². The van der Waals surface area contributed by atoms with Gasteiger partial charge in [-0.3, -0.25) is 14.7 Å². The van der Waals surface area contributed by atoms with Crippen molar-refractivity contribution in [2.75, 3.05) is 24.7 Å². The number of amides is 1. The molecule has 0 saturated carbocycles. The summed E-state index contributed by atoms with van der Waals surface area (Å²) in [4.78, 5) is 24.1. The Morgan fingerprint density at radius 1 is 1.13 bits per heavy atom. The van der Waals surface area contributed by atoms with Crippen LogP contribution in [0.2, 0.25) is 0 Å². The van der Waals surface area contributed by atoms with Crippen molar-refractivity contribution in [2.45, 2.75) is 44.6 Å². The second-order valence-corrected chi connectivity index (χ2v) is 10.3. The fraction of sp³-hybridized carbons (Fsp3) is 0.290. The van der Waals surface area contributed by atoms with Crippen molar-refractivity contribution >= 4 is 45.2 Å². The predicted octanol–water partition coefficient (Wildman–Crippen LogP) is 7.47. The van der Waals surface area contributed by atoms with Crippen LogP contribution in [0.5, 0.6) is 0 Å². The molecule has 5 aromatic rings. The summed E-state index contributed by atoms with van der Waals surface area (Å²) in [6, 6.07) is 18.2. The van der Waals surface area contributed by atoms with Crippen molar-refractivity contribution in [3.8, 4) is 0 Å². The van der Waals surface area contributed by atoms with Crippen LogP contribution >= 0.6 is 11.8 Å². The lowest BCUT2D eigenvalue weighted by molar-refractivity contribution is 0.102. The molecule has 0 saturated heterocycles. The maximum atomic E-state index is 12.7. The SMILES string of the molecule is CCc1[nH]c2ccc(NC(=O)c3ccccn3)cc2c1CCN(CC)C(C)c1ccc2occ(SC)c2c1. The number of H-pyrrole nitrogens is 1. The average Bonchev–Trinajstić information content (AvgIpc) is 3.53. The molecule has 0 aliphatic rings. The Hall–Kier alpha value is -3.55. The number of carbonyl (C=O) groups excluding carboxylic acids is 1. The third-order valence-electron chi connectivity index (χ3n) is 7.37. The molecule has 38 heavy (non-hydrogen) atoms. The number of hydrogen-bond acceptors (Lipinski definition) is 5. The van der Waals surface area contributed by atoms with Gasteiger partial charge in [-0.15, -0.1) is 11.8 Å². The second-order valence-electron chi connectivity index (χ2n) is 9.48. The molecule has 1 unspecified atom stereocenters. The smallest absolute Gasteiger partial charge is 0.274 e. The van der Waals surface area contributed by atoms with Gasteiger partial charge >= 0.3 is 0 Å². The van der Waals surface area contributed by atoms with Crippen LogP contribution in [0.3, 0.4) is 0 Å². The zero-order chi connectivity index (χ0) is 26.6. The molecule has 2 aromatic carbocycles. The number of hydrogen-bond donors (Lipinski definition) is 2. The van der Waals surface area contributed by atoms with Gasteiger partial charge in [-0.1, -0.05) is 26.0 Å². The fourth-order valence-corrected chi connectivity index (χ4v) is 5.72. The van der Waals surface area contributed by atoms with Crippen molar-refractivity contribution in [2.24, 2.45) is 0 Å². The summed E-state index contributed by atoms with van der Waals surface area (Å²) in [7, 11) is 0. The number of nitrogens with zero attached hydrogens (tertiary/aromatic N) is 2. The summed E-state index contributed by atoms with van der Waals surface area (Å²) in [5, 5.41) is 5.35. The Kier molecular flexibility index (Phi) is 7.86. The quantitative estimate of drug-likeness (QED) is 0.185. The van der Waals surface area contributed by atoms with Crippen LogP contribution in [0.15, 0.2) is 76.4 Å². The van der Waals surface area contributed by atoms with Crippen LogP contribution < -0.4 is 5.32 Å². The van der Waals surface area contributed by atoms with Gasteiger partial charge < -0.3 is 14.7 Å². The largest absolute Gasteiger partial charge is 0.463 e. The molecule has 5 rings (SSSR count). The molecule has 0 aliphatic carbocycles.